The number of hydrogen-bond donors (Lipinski definition) is 2. The summed E-state index contributed by atoms with van der Waals surface area (Å²) in [4.78, 5) is 26.5. The largest absolute Gasteiger partial charge is 0.504 e. The Kier molecular flexibility index (Phi) is 5.16. The molecule has 138 valence electrons. The summed E-state index contributed by atoms with van der Waals surface area (Å²) >= 11 is 11.3. The van der Waals surface area contributed by atoms with Crippen LogP contribution in [0.15, 0.2) is 42.0 Å². The van der Waals surface area contributed by atoms with Crippen LogP contribution in [0.2, 0.25) is 5.02 Å². The highest BCUT2D eigenvalue weighted by Crippen LogP contribution is 2.29. The summed E-state index contributed by atoms with van der Waals surface area (Å²) in [7, 11) is 1.41. The van der Waals surface area contributed by atoms with Crippen molar-refractivity contribution in [3.05, 3.63) is 58.1 Å². The number of benzene rings is 2. The lowest BCUT2D eigenvalue weighted by atomic mass is 10.1. The minimum atomic E-state index is -0.605. The van der Waals surface area contributed by atoms with Gasteiger partial charge in [-0.3, -0.25) is 19.8 Å². The zero-order valence-corrected chi connectivity index (χ0v) is 16.0. The Morgan fingerprint density at radius 2 is 1.96 bits per heavy atom. The van der Waals surface area contributed by atoms with Crippen molar-refractivity contribution in [1.29, 1.82) is 0 Å². The molecule has 0 bridgehead atoms. The van der Waals surface area contributed by atoms with Crippen molar-refractivity contribution in [2.75, 3.05) is 12.0 Å². The summed E-state index contributed by atoms with van der Waals surface area (Å²) in [5.74, 6) is -0.996. The highest BCUT2D eigenvalue weighted by atomic mass is 35.5. The molecular weight excluding hydrogens is 388 g/mol. The molecule has 2 N–H and O–H groups in total. The van der Waals surface area contributed by atoms with Gasteiger partial charge in [0, 0.05) is 5.02 Å². The van der Waals surface area contributed by atoms with Crippen LogP contribution in [0.1, 0.15) is 11.1 Å². The minimum absolute atomic E-state index is 0.0228. The lowest BCUT2D eigenvalue weighted by molar-refractivity contribution is -0.122. The molecule has 2 aromatic carbocycles. The molecule has 1 aliphatic rings. The second kappa shape index (κ2) is 7.38. The van der Waals surface area contributed by atoms with Crippen LogP contribution >= 0.6 is 23.8 Å². The molecule has 0 unspecified atom stereocenters. The van der Waals surface area contributed by atoms with Crippen molar-refractivity contribution < 1.29 is 19.4 Å². The zero-order chi connectivity index (χ0) is 19.7. The number of carbonyl (C=O) groups excluding carboxylic acids is 2. The van der Waals surface area contributed by atoms with Gasteiger partial charge in [0.25, 0.3) is 11.8 Å². The third-order valence-corrected chi connectivity index (χ3v) is 4.72. The van der Waals surface area contributed by atoms with Crippen molar-refractivity contribution in [3.63, 3.8) is 0 Å². The van der Waals surface area contributed by atoms with E-state index in [1.54, 1.807) is 24.3 Å². The number of anilines is 1. The summed E-state index contributed by atoms with van der Waals surface area (Å²) in [5.41, 5.74) is 1.72. The average molecular weight is 403 g/mol. The van der Waals surface area contributed by atoms with Crippen molar-refractivity contribution in [2.45, 2.75) is 6.92 Å². The predicted molar refractivity (Wildman–Crippen MR) is 107 cm³/mol. The van der Waals surface area contributed by atoms with Crippen molar-refractivity contribution in [1.82, 2.24) is 5.32 Å². The number of rotatable bonds is 3. The van der Waals surface area contributed by atoms with E-state index in [4.69, 9.17) is 28.6 Å². The van der Waals surface area contributed by atoms with E-state index in [0.717, 1.165) is 5.56 Å². The first-order valence-corrected chi connectivity index (χ1v) is 8.65. The number of aromatic hydroxyl groups is 1. The second-order valence-corrected chi connectivity index (χ2v) is 6.62. The molecule has 1 heterocycles. The first-order valence-electron chi connectivity index (χ1n) is 7.86. The molecular formula is C19H15ClN2O4S. The zero-order valence-electron chi connectivity index (χ0n) is 14.4. The Bertz CT molecular complexity index is 1000. The first-order chi connectivity index (χ1) is 12.8. The van der Waals surface area contributed by atoms with Crippen molar-refractivity contribution in [2.24, 2.45) is 0 Å². The quantitative estimate of drug-likeness (QED) is 0.468. The monoisotopic (exact) mass is 402 g/mol. The van der Waals surface area contributed by atoms with Crippen molar-refractivity contribution in [3.8, 4) is 11.5 Å². The van der Waals surface area contributed by atoms with E-state index in [-0.39, 0.29) is 22.2 Å². The Morgan fingerprint density at radius 3 is 2.63 bits per heavy atom. The Balaban J connectivity index is 2.03. The summed E-state index contributed by atoms with van der Waals surface area (Å²) in [6.45, 7) is 1.84. The van der Waals surface area contributed by atoms with Gasteiger partial charge in [-0.05, 0) is 60.6 Å². The number of carbonyl (C=O) groups is 2. The van der Waals surface area contributed by atoms with Crippen LogP contribution in [0.5, 0.6) is 11.5 Å². The van der Waals surface area contributed by atoms with Crippen LogP contribution in [0.3, 0.4) is 0 Å². The standard InChI is InChI=1S/C19H15ClN2O4S/c1-10-3-5-12(9-14(10)20)22-18(25)13(17(24)21-19(22)27)7-11-4-6-15(23)16(8-11)26-2/h3-9,23H,1-2H3,(H,21,24,27)/b13-7+. The van der Waals surface area contributed by atoms with Crippen LogP contribution in [-0.2, 0) is 9.59 Å². The number of aryl methyl sites for hydroxylation is 1. The van der Waals surface area contributed by atoms with Gasteiger partial charge in [0.2, 0.25) is 0 Å². The van der Waals surface area contributed by atoms with Crippen LogP contribution in [-0.4, -0.2) is 29.1 Å². The van der Waals surface area contributed by atoms with Crippen LogP contribution in [0.25, 0.3) is 6.08 Å². The maximum Gasteiger partial charge on any atom is 0.270 e. The fourth-order valence-corrected chi connectivity index (χ4v) is 3.02. The predicted octanol–water partition coefficient (Wildman–Crippen LogP) is 3.19. The van der Waals surface area contributed by atoms with E-state index in [9.17, 15) is 14.7 Å². The lowest BCUT2D eigenvalue weighted by Gasteiger charge is -2.29. The normalized spacial score (nSPS) is 15.9. The SMILES string of the molecule is COc1cc(/C=C2\C(=O)NC(=S)N(c3ccc(C)c(Cl)c3)C2=O)ccc1O. The topological polar surface area (TPSA) is 78.9 Å². The molecule has 1 saturated heterocycles. The number of phenols is 1. The minimum Gasteiger partial charge on any atom is -0.504 e. The molecule has 3 rings (SSSR count). The molecule has 2 amide bonds. The molecule has 1 aliphatic heterocycles. The summed E-state index contributed by atoms with van der Waals surface area (Å²) in [6.07, 6.45) is 1.41. The molecule has 8 heteroatoms. The third-order valence-electron chi connectivity index (χ3n) is 4.03. The maximum absolute atomic E-state index is 13.0. The van der Waals surface area contributed by atoms with E-state index in [0.29, 0.717) is 16.3 Å². The first kappa shape index (κ1) is 18.9. The molecule has 0 aliphatic carbocycles. The fourth-order valence-electron chi connectivity index (χ4n) is 2.56. The van der Waals surface area contributed by atoms with Crippen LogP contribution in [0, 0.1) is 6.92 Å². The van der Waals surface area contributed by atoms with E-state index in [2.05, 4.69) is 5.32 Å². The molecule has 6 nitrogen and oxygen atoms in total. The molecule has 0 spiro atoms. The van der Waals surface area contributed by atoms with Gasteiger partial charge in [-0.1, -0.05) is 23.7 Å². The van der Waals surface area contributed by atoms with E-state index in [1.165, 1.54) is 30.2 Å². The number of methoxy groups -OCH3 is 1. The van der Waals surface area contributed by atoms with E-state index >= 15 is 0 Å². The summed E-state index contributed by atoms with van der Waals surface area (Å²) < 4.78 is 5.05. The van der Waals surface area contributed by atoms with E-state index in [1.807, 2.05) is 6.92 Å². The van der Waals surface area contributed by atoms with Gasteiger partial charge >= 0.3 is 0 Å². The number of halogens is 1. The number of nitrogens with zero attached hydrogens (tertiary/aromatic N) is 1. The second-order valence-electron chi connectivity index (χ2n) is 5.82. The van der Waals surface area contributed by atoms with E-state index < -0.39 is 11.8 Å². The molecule has 0 atom stereocenters. The van der Waals surface area contributed by atoms with Gasteiger partial charge in [-0.15, -0.1) is 0 Å². The number of hydrogen-bond acceptors (Lipinski definition) is 5. The lowest BCUT2D eigenvalue weighted by Crippen LogP contribution is -2.54. The van der Waals surface area contributed by atoms with Gasteiger partial charge in [0.1, 0.15) is 5.57 Å². The van der Waals surface area contributed by atoms with Crippen LogP contribution in [0.4, 0.5) is 5.69 Å². The molecule has 1 fully saturated rings. The fraction of sp³-hybridized carbons (Fsp3) is 0.105. The molecule has 0 radical (unpaired) electrons. The van der Waals surface area contributed by atoms with Gasteiger partial charge in [0.15, 0.2) is 16.6 Å². The number of ether oxygens (including phenoxy) is 1. The van der Waals surface area contributed by atoms with Crippen molar-refractivity contribution >= 4 is 52.5 Å². The van der Waals surface area contributed by atoms with Crippen LogP contribution < -0.4 is 15.0 Å². The highest BCUT2D eigenvalue weighted by Gasteiger charge is 2.34. The number of phenolic OH excluding ortho intramolecular Hbond substituents is 1. The molecule has 0 aromatic heterocycles. The molecule has 2 aromatic rings. The summed E-state index contributed by atoms with van der Waals surface area (Å²) in [6, 6.07) is 9.56. The Labute approximate surface area is 166 Å². The smallest absolute Gasteiger partial charge is 0.270 e. The number of nitrogens with one attached hydrogen (secondary N) is 1. The Hall–Kier alpha value is -2.90. The third kappa shape index (κ3) is 3.65. The van der Waals surface area contributed by atoms with Gasteiger partial charge < -0.3 is 9.84 Å². The maximum atomic E-state index is 13.0. The van der Waals surface area contributed by atoms with Gasteiger partial charge in [0.05, 0.1) is 12.8 Å². The van der Waals surface area contributed by atoms with Gasteiger partial charge in [-0.2, -0.15) is 0 Å². The Morgan fingerprint density at radius 1 is 1.22 bits per heavy atom. The molecule has 27 heavy (non-hydrogen) atoms. The average Bonchev–Trinajstić information content (AvgIpc) is 2.62. The summed E-state index contributed by atoms with van der Waals surface area (Å²) in [5, 5.41) is 12.7. The number of amides is 2. The van der Waals surface area contributed by atoms with Gasteiger partial charge in [-0.25, -0.2) is 0 Å². The number of thiocarbonyl (C=S) groups is 1. The molecule has 0 saturated carbocycles. The highest BCUT2D eigenvalue weighted by molar-refractivity contribution is 7.80.